The van der Waals surface area contributed by atoms with Crippen molar-refractivity contribution in [1.82, 2.24) is 4.98 Å². The van der Waals surface area contributed by atoms with Gasteiger partial charge in [-0.2, -0.15) is 0 Å². The molecule has 0 spiro atoms. The summed E-state index contributed by atoms with van der Waals surface area (Å²) in [5.41, 5.74) is 1.77. The molecule has 5 nitrogen and oxygen atoms in total. The zero-order chi connectivity index (χ0) is 17.2. The summed E-state index contributed by atoms with van der Waals surface area (Å²) in [5, 5.41) is 0.719. The van der Waals surface area contributed by atoms with Crippen LogP contribution in [0.15, 0.2) is 48.5 Å². The van der Waals surface area contributed by atoms with Gasteiger partial charge in [0.15, 0.2) is 9.84 Å². The zero-order valence-electron chi connectivity index (χ0n) is 12.9. The second kappa shape index (κ2) is 6.70. The lowest BCUT2D eigenvalue weighted by atomic mass is 10.1. The van der Waals surface area contributed by atoms with Crippen LogP contribution < -0.4 is 0 Å². The molecule has 0 amide bonds. The number of para-hydroxylation sites is 1. The van der Waals surface area contributed by atoms with E-state index in [0.29, 0.717) is 11.1 Å². The molecule has 0 atom stereocenters. The van der Waals surface area contributed by atoms with Gasteiger partial charge in [0.05, 0.1) is 21.5 Å². The van der Waals surface area contributed by atoms with Gasteiger partial charge in [-0.3, -0.25) is 0 Å². The maximum Gasteiger partial charge on any atom is 0.338 e. The van der Waals surface area contributed by atoms with Gasteiger partial charge in [0, 0.05) is 6.26 Å². The molecule has 0 saturated carbocycles. The first kappa shape index (κ1) is 16.6. The molecule has 0 unspecified atom stereocenters. The Morgan fingerprint density at radius 1 is 1.17 bits per heavy atom. The number of rotatable bonds is 5. The summed E-state index contributed by atoms with van der Waals surface area (Å²) in [4.78, 5) is 16.6. The lowest BCUT2D eigenvalue weighted by Gasteiger charge is -2.05. The van der Waals surface area contributed by atoms with Crippen LogP contribution in [0.2, 0.25) is 0 Å². The minimum absolute atomic E-state index is 0.0918. The van der Waals surface area contributed by atoms with E-state index in [9.17, 15) is 13.2 Å². The van der Waals surface area contributed by atoms with Crippen molar-refractivity contribution in [2.45, 2.75) is 12.4 Å². The number of esters is 1. The zero-order valence-corrected chi connectivity index (χ0v) is 14.6. The monoisotopic (exact) mass is 361 g/mol. The smallest absolute Gasteiger partial charge is 0.338 e. The normalized spacial score (nSPS) is 11.5. The fourth-order valence-electron chi connectivity index (χ4n) is 2.28. The highest BCUT2D eigenvalue weighted by molar-refractivity contribution is 7.89. The van der Waals surface area contributed by atoms with Crippen molar-refractivity contribution in [2.24, 2.45) is 0 Å². The summed E-state index contributed by atoms with van der Waals surface area (Å²) >= 11 is 1.48. The predicted molar refractivity (Wildman–Crippen MR) is 93.7 cm³/mol. The van der Waals surface area contributed by atoms with Gasteiger partial charge in [0.2, 0.25) is 0 Å². The molecule has 0 N–H and O–H groups in total. The Morgan fingerprint density at radius 2 is 1.96 bits per heavy atom. The van der Waals surface area contributed by atoms with Crippen LogP contribution in [0.4, 0.5) is 0 Å². The van der Waals surface area contributed by atoms with Gasteiger partial charge in [-0.15, -0.1) is 11.3 Å². The molecule has 3 aromatic rings. The second-order valence-corrected chi connectivity index (χ2v) is 8.68. The molecule has 7 heteroatoms. The van der Waals surface area contributed by atoms with Gasteiger partial charge < -0.3 is 4.74 Å². The van der Waals surface area contributed by atoms with Crippen LogP contribution in [0.5, 0.6) is 0 Å². The van der Waals surface area contributed by atoms with Gasteiger partial charge >= 0.3 is 5.97 Å². The Labute approximate surface area is 143 Å². The van der Waals surface area contributed by atoms with Gasteiger partial charge in [-0.05, 0) is 29.8 Å². The van der Waals surface area contributed by atoms with Gasteiger partial charge in [-0.25, -0.2) is 18.2 Å². The Morgan fingerprint density at radius 3 is 2.71 bits per heavy atom. The van der Waals surface area contributed by atoms with E-state index in [1.807, 2.05) is 24.3 Å². The van der Waals surface area contributed by atoms with Crippen molar-refractivity contribution in [3.8, 4) is 0 Å². The molecule has 24 heavy (non-hydrogen) atoms. The van der Waals surface area contributed by atoms with E-state index < -0.39 is 15.8 Å². The van der Waals surface area contributed by atoms with Crippen molar-refractivity contribution < 1.29 is 17.9 Å². The maximum absolute atomic E-state index is 12.2. The van der Waals surface area contributed by atoms with Crippen molar-refractivity contribution in [3.05, 3.63) is 64.7 Å². The van der Waals surface area contributed by atoms with E-state index in [2.05, 4.69) is 4.98 Å². The first-order valence-electron chi connectivity index (χ1n) is 7.19. The number of carbonyl (C=O) groups excluding carboxylic acids is 1. The number of benzene rings is 2. The minimum atomic E-state index is -3.15. The van der Waals surface area contributed by atoms with Crippen LogP contribution in [-0.4, -0.2) is 25.6 Å². The molecule has 0 bridgehead atoms. The Balaban J connectivity index is 1.69. The van der Waals surface area contributed by atoms with Gasteiger partial charge in [-0.1, -0.05) is 24.3 Å². The van der Waals surface area contributed by atoms with Crippen LogP contribution in [0.3, 0.4) is 0 Å². The minimum Gasteiger partial charge on any atom is -0.455 e. The molecule has 0 aliphatic carbocycles. The number of fused-ring (bicyclic) bond motifs is 1. The molecule has 0 saturated heterocycles. The number of hydrogen-bond donors (Lipinski definition) is 0. The first-order chi connectivity index (χ1) is 11.4. The van der Waals surface area contributed by atoms with E-state index in [0.717, 1.165) is 21.5 Å². The number of thiazole rings is 1. The summed E-state index contributed by atoms with van der Waals surface area (Å²) in [6.07, 6.45) is 1.16. The number of sulfone groups is 1. The largest absolute Gasteiger partial charge is 0.455 e. The third kappa shape index (κ3) is 4.18. The van der Waals surface area contributed by atoms with E-state index >= 15 is 0 Å². The molecular weight excluding hydrogens is 346 g/mol. The topological polar surface area (TPSA) is 73.3 Å². The first-order valence-corrected chi connectivity index (χ1v) is 10.1. The Bertz CT molecular complexity index is 960. The molecule has 1 aromatic heterocycles. The molecule has 0 fully saturated rings. The highest BCUT2D eigenvalue weighted by Gasteiger charge is 2.12. The van der Waals surface area contributed by atoms with Crippen molar-refractivity contribution >= 4 is 37.4 Å². The fourth-order valence-corrected chi connectivity index (χ4v) is 3.95. The maximum atomic E-state index is 12.2. The highest BCUT2D eigenvalue weighted by atomic mass is 32.2. The lowest BCUT2D eigenvalue weighted by molar-refractivity contribution is 0.0472. The lowest BCUT2D eigenvalue weighted by Crippen LogP contribution is -2.07. The SMILES string of the molecule is CS(=O)(=O)Cc1cccc(C(=O)OCc2nc3ccccc3s2)c1. The van der Waals surface area contributed by atoms with E-state index in [1.54, 1.807) is 24.3 Å². The Hall–Kier alpha value is -2.25. The average molecular weight is 361 g/mol. The van der Waals surface area contributed by atoms with E-state index in [1.165, 1.54) is 11.3 Å². The molecule has 0 radical (unpaired) electrons. The summed E-state index contributed by atoms with van der Waals surface area (Å²) in [5.74, 6) is -0.601. The molecular formula is C17H15NO4S2. The molecule has 0 aliphatic rings. The van der Waals surface area contributed by atoms with Crippen LogP contribution in [0, 0.1) is 0 Å². The summed E-state index contributed by atoms with van der Waals surface area (Å²) in [6.45, 7) is 0.0918. The van der Waals surface area contributed by atoms with Crippen LogP contribution in [-0.2, 0) is 26.9 Å². The number of nitrogens with zero attached hydrogens (tertiary/aromatic N) is 1. The predicted octanol–water partition coefficient (Wildman–Crippen LogP) is 3.20. The summed E-state index contributed by atoms with van der Waals surface area (Å²) < 4.78 is 29.0. The summed E-state index contributed by atoms with van der Waals surface area (Å²) in [7, 11) is -3.15. The highest BCUT2D eigenvalue weighted by Crippen LogP contribution is 2.22. The van der Waals surface area contributed by atoms with Crippen molar-refractivity contribution in [3.63, 3.8) is 0 Å². The number of carbonyl (C=O) groups is 1. The molecule has 124 valence electrons. The van der Waals surface area contributed by atoms with Crippen molar-refractivity contribution in [1.29, 1.82) is 0 Å². The molecule has 0 aliphatic heterocycles. The number of ether oxygens (including phenoxy) is 1. The molecule has 3 rings (SSSR count). The number of aromatic nitrogens is 1. The van der Waals surface area contributed by atoms with E-state index in [-0.39, 0.29) is 12.4 Å². The Kier molecular flexibility index (Phi) is 4.64. The van der Waals surface area contributed by atoms with Crippen LogP contribution in [0.1, 0.15) is 20.9 Å². The van der Waals surface area contributed by atoms with Crippen LogP contribution >= 0.6 is 11.3 Å². The standard InChI is InChI=1S/C17H15NO4S2/c1-24(20,21)11-12-5-4-6-13(9-12)17(19)22-10-16-18-14-7-2-3-8-15(14)23-16/h2-9H,10-11H2,1H3. The fraction of sp³-hybridized carbons (Fsp3) is 0.176. The van der Waals surface area contributed by atoms with Gasteiger partial charge in [0.25, 0.3) is 0 Å². The number of hydrogen-bond acceptors (Lipinski definition) is 6. The van der Waals surface area contributed by atoms with E-state index in [4.69, 9.17) is 4.74 Å². The van der Waals surface area contributed by atoms with Crippen LogP contribution in [0.25, 0.3) is 10.2 Å². The van der Waals surface area contributed by atoms with Gasteiger partial charge in [0.1, 0.15) is 11.6 Å². The molecule has 2 aromatic carbocycles. The third-order valence-corrected chi connectivity index (χ3v) is 5.12. The average Bonchev–Trinajstić information content (AvgIpc) is 2.94. The second-order valence-electron chi connectivity index (χ2n) is 5.42. The summed E-state index contributed by atoms with van der Waals surface area (Å²) in [6, 6.07) is 14.2. The third-order valence-electron chi connectivity index (χ3n) is 3.26. The molecule has 1 heterocycles. The van der Waals surface area contributed by atoms with Crippen molar-refractivity contribution in [2.75, 3.05) is 6.26 Å². The quantitative estimate of drug-likeness (QED) is 0.653.